The molecule has 0 saturated carbocycles. The minimum atomic E-state index is -3.14. The van der Waals surface area contributed by atoms with Gasteiger partial charge in [-0.05, 0) is 19.1 Å². The lowest BCUT2D eigenvalue weighted by Crippen LogP contribution is -2.17. The Morgan fingerprint density at radius 2 is 2.10 bits per heavy atom. The predicted octanol–water partition coefficient (Wildman–Crippen LogP) is 1.78. The molecule has 1 aromatic rings. The zero-order valence-corrected chi connectivity index (χ0v) is 11.8. The first-order valence-electron chi connectivity index (χ1n) is 6.17. The maximum atomic E-state index is 11.8. The highest BCUT2D eigenvalue weighted by molar-refractivity contribution is 7.94. The summed E-state index contributed by atoms with van der Waals surface area (Å²) in [6.07, 6.45) is 1.65. The average molecular weight is 293 g/mol. The molecule has 0 spiro atoms. The summed E-state index contributed by atoms with van der Waals surface area (Å²) in [6.45, 7) is 1.45. The standard InChI is InChI=1S/C14H15NO4S/c1-10(16)12-3-2-4-13(8-12)15-14(17)7-11-5-6-20(18,19)9-11/h2-6,8,11H,7,9H2,1H3,(H,15,17)/t11-/m1/s1. The van der Waals surface area contributed by atoms with Gasteiger partial charge in [-0.25, -0.2) is 8.42 Å². The summed E-state index contributed by atoms with van der Waals surface area (Å²) in [4.78, 5) is 23.1. The second-order valence-electron chi connectivity index (χ2n) is 4.81. The Balaban J connectivity index is 1.97. The Bertz CT molecular complexity index is 676. The number of anilines is 1. The molecule has 6 heteroatoms. The van der Waals surface area contributed by atoms with Crippen LogP contribution in [0.4, 0.5) is 5.69 Å². The van der Waals surface area contributed by atoms with Gasteiger partial charge in [-0.1, -0.05) is 18.2 Å². The van der Waals surface area contributed by atoms with E-state index in [0.717, 1.165) is 5.41 Å². The van der Waals surface area contributed by atoms with E-state index in [2.05, 4.69) is 5.32 Å². The molecule has 0 radical (unpaired) electrons. The summed E-state index contributed by atoms with van der Waals surface area (Å²) >= 11 is 0. The number of Topliss-reactive ketones (excluding diaryl/α,β-unsaturated/α-hetero) is 1. The molecule has 1 N–H and O–H groups in total. The van der Waals surface area contributed by atoms with Crippen molar-refractivity contribution in [1.82, 2.24) is 0 Å². The van der Waals surface area contributed by atoms with Crippen molar-refractivity contribution >= 4 is 27.2 Å². The van der Waals surface area contributed by atoms with Crippen LogP contribution < -0.4 is 5.32 Å². The largest absolute Gasteiger partial charge is 0.326 e. The van der Waals surface area contributed by atoms with Crippen molar-refractivity contribution in [2.75, 3.05) is 11.1 Å². The van der Waals surface area contributed by atoms with Gasteiger partial charge < -0.3 is 5.32 Å². The average Bonchev–Trinajstić information content (AvgIpc) is 2.68. The molecule has 106 valence electrons. The van der Waals surface area contributed by atoms with Gasteiger partial charge in [-0.3, -0.25) is 9.59 Å². The van der Waals surface area contributed by atoms with Gasteiger partial charge in [0.15, 0.2) is 15.6 Å². The van der Waals surface area contributed by atoms with Gasteiger partial charge in [-0.2, -0.15) is 0 Å². The first-order chi connectivity index (χ1) is 9.35. The Morgan fingerprint density at radius 3 is 2.70 bits per heavy atom. The van der Waals surface area contributed by atoms with Crippen LogP contribution in [0.25, 0.3) is 0 Å². The van der Waals surface area contributed by atoms with Gasteiger partial charge in [0.1, 0.15) is 0 Å². The Hall–Kier alpha value is -1.95. The molecule has 0 fully saturated rings. The maximum absolute atomic E-state index is 11.8. The minimum Gasteiger partial charge on any atom is -0.326 e. The number of amides is 1. The van der Waals surface area contributed by atoms with Gasteiger partial charge >= 0.3 is 0 Å². The lowest BCUT2D eigenvalue weighted by atomic mass is 10.1. The second kappa shape index (κ2) is 5.58. The van der Waals surface area contributed by atoms with Gasteiger partial charge in [-0.15, -0.1) is 0 Å². The maximum Gasteiger partial charge on any atom is 0.224 e. The van der Waals surface area contributed by atoms with Crippen molar-refractivity contribution in [3.05, 3.63) is 41.3 Å². The quantitative estimate of drug-likeness (QED) is 0.858. The van der Waals surface area contributed by atoms with Gasteiger partial charge in [0.2, 0.25) is 5.91 Å². The molecule has 1 aliphatic heterocycles. The van der Waals surface area contributed by atoms with Crippen LogP contribution in [0, 0.1) is 5.92 Å². The normalized spacial score (nSPS) is 19.8. The van der Waals surface area contributed by atoms with E-state index in [1.807, 2.05) is 0 Å². The van der Waals surface area contributed by atoms with E-state index in [0.29, 0.717) is 11.3 Å². The van der Waals surface area contributed by atoms with Crippen LogP contribution in [-0.2, 0) is 14.6 Å². The van der Waals surface area contributed by atoms with Crippen LogP contribution in [0.5, 0.6) is 0 Å². The van der Waals surface area contributed by atoms with Gasteiger partial charge in [0.25, 0.3) is 0 Å². The van der Waals surface area contributed by atoms with E-state index in [-0.39, 0.29) is 29.8 Å². The molecule has 20 heavy (non-hydrogen) atoms. The fourth-order valence-corrected chi connectivity index (χ4v) is 3.43. The molecular weight excluding hydrogens is 278 g/mol. The van der Waals surface area contributed by atoms with Crippen LogP contribution >= 0.6 is 0 Å². The van der Waals surface area contributed by atoms with Gasteiger partial charge in [0, 0.05) is 29.0 Å². The Kier molecular flexibility index (Phi) is 4.04. The highest BCUT2D eigenvalue weighted by Crippen LogP contribution is 2.19. The van der Waals surface area contributed by atoms with Crippen molar-refractivity contribution in [3.63, 3.8) is 0 Å². The predicted molar refractivity (Wildman–Crippen MR) is 76.1 cm³/mol. The molecule has 1 atom stereocenters. The van der Waals surface area contributed by atoms with Crippen LogP contribution in [0.1, 0.15) is 23.7 Å². The number of nitrogens with one attached hydrogen (secondary N) is 1. The topological polar surface area (TPSA) is 80.3 Å². The molecular formula is C14H15NO4S. The number of allylic oxidation sites excluding steroid dienone is 1. The van der Waals surface area contributed by atoms with E-state index in [1.165, 1.54) is 6.92 Å². The summed E-state index contributed by atoms with van der Waals surface area (Å²) in [5, 5.41) is 3.83. The number of carbonyl (C=O) groups is 2. The van der Waals surface area contributed by atoms with Crippen molar-refractivity contribution in [2.45, 2.75) is 13.3 Å². The second-order valence-corrected chi connectivity index (χ2v) is 6.74. The van der Waals surface area contributed by atoms with E-state index in [4.69, 9.17) is 0 Å². The molecule has 1 aromatic carbocycles. The Morgan fingerprint density at radius 1 is 1.35 bits per heavy atom. The third kappa shape index (κ3) is 3.77. The molecule has 1 aliphatic rings. The fraction of sp³-hybridized carbons (Fsp3) is 0.286. The molecule has 0 aliphatic carbocycles. The SMILES string of the molecule is CC(=O)c1cccc(NC(=O)C[C@H]2C=CS(=O)(=O)C2)c1. The highest BCUT2D eigenvalue weighted by atomic mass is 32.2. The molecule has 1 heterocycles. The highest BCUT2D eigenvalue weighted by Gasteiger charge is 2.23. The molecule has 5 nitrogen and oxygen atoms in total. The van der Waals surface area contributed by atoms with Crippen molar-refractivity contribution < 1.29 is 18.0 Å². The van der Waals surface area contributed by atoms with E-state index in [9.17, 15) is 18.0 Å². The lowest BCUT2D eigenvalue weighted by molar-refractivity contribution is -0.116. The van der Waals surface area contributed by atoms with Crippen LogP contribution in [-0.4, -0.2) is 25.9 Å². The third-order valence-corrected chi connectivity index (χ3v) is 4.47. The summed E-state index contributed by atoms with van der Waals surface area (Å²) < 4.78 is 22.5. The number of hydrogen-bond acceptors (Lipinski definition) is 4. The van der Waals surface area contributed by atoms with Crippen LogP contribution in [0.2, 0.25) is 0 Å². The zero-order chi connectivity index (χ0) is 14.8. The van der Waals surface area contributed by atoms with Crippen LogP contribution in [0.3, 0.4) is 0 Å². The summed E-state index contributed by atoms with van der Waals surface area (Å²) in [7, 11) is -3.14. The molecule has 0 unspecified atom stereocenters. The van der Waals surface area contributed by atoms with E-state index < -0.39 is 9.84 Å². The molecule has 2 rings (SSSR count). The van der Waals surface area contributed by atoms with Crippen LogP contribution in [0.15, 0.2) is 35.7 Å². The number of sulfone groups is 1. The van der Waals surface area contributed by atoms with Crippen molar-refractivity contribution in [1.29, 1.82) is 0 Å². The fourth-order valence-electron chi connectivity index (χ4n) is 2.03. The Labute approximate surface area is 117 Å². The van der Waals surface area contributed by atoms with Gasteiger partial charge in [0.05, 0.1) is 5.75 Å². The first kappa shape index (κ1) is 14.5. The summed E-state index contributed by atoms with van der Waals surface area (Å²) in [5.74, 6) is -0.646. The van der Waals surface area contributed by atoms with E-state index in [1.54, 1.807) is 30.3 Å². The third-order valence-electron chi connectivity index (χ3n) is 3.00. The number of hydrogen-bond donors (Lipinski definition) is 1. The van der Waals surface area contributed by atoms with E-state index >= 15 is 0 Å². The zero-order valence-electron chi connectivity index (χ0n) is 11.0. The lowest BCUT2D eigenvalue weighted by Gasteiger charge is -2.09. The first-order valence-corrected chi connectivity index (χ1v) is 7.89. The minimum absolute atomic E-state index is 0.0199. The number of rotatable bonds is 4. The number of carbonyl (C=O) groups excluding carboxylic acids is 2. The number of benzene rings is 1. The summed E-state index contributed by atoms with van der Waals surface area (Å²) in [5.41, 5.74) is 1.05. The molecule has 0 aromatic heterocycles. The van der Waals surface area contributed by atoms with Crippen molar-refractivity contribution in [3.8, 4) is 0 Å². The monoisotopic (exact) mass is 293 g/mol. The smallest absolute Gasteiger partial charge is 0.224 e. The molecule has 0 bridgehead atoms. The summed E-state index contributed by atoms with van der Waals surface area (Å²) in [6, 6.07) is 6.64. The number of ketones is 1. The molecule has 0 saturated heterocycles. The molecule has 1 amide bonds. The van der Waals surface area contributed by atoms with Crippen molar-refractivity contribution in [2.24, 2.45) is 5.92 Å².